The minimum absolute atomic E-state index is 0.413. The van der Waals surface area contributed by atoms with E-state index in [1.807, 2.05) is 32.0 Å². The zero-order chi connectivity index (χ0) is 15.9. The third kappa shape index (κ3) is 4.98. The van der Waals surface area contributed by atoms with Crippen LogP contribution in [-0.2, 0) is 9.59 Å². The van der Waals surface area contributed by atoms with Gasteiger partial charge in [-0.2, -0.15) is 5.10 Å². The zero-order valence-electron chi connectivity index (χ0n) is 13.2. The first-order valence-corrected chi connectivity index (χ1v) is 7.77. The molecule has 0 bridgehead atoms. The predicted molar refractivity (Wildman–Crippen MR) is 87.8 cm³/mol. The number of nitrogens with one attached hydrogen (secondary N) is 2. The number of nitrogens with zero attached hydrogens (tertiary/aromatic N) is 1. The van der Waals surface area contributed by atoms with Crippen LogP contribution in [0.25, 0.3) is 0 Å². The summed E-state index contributed by atoms with van der Waals surface area (Å²) >= 11 is 0. The van der Waals surface area contributed by atoms with Crippen LogP contribution in [0.15, 0.2) is 23.3 Å². The minimum Gasteiger partial charge on any atom is -0.318 e. The Morgan fingerprint density at radius 1 is 1.05 bits per heavy atom. The van der Waals surface area contributed by atoms with Gasteiger partial charge in [0.05, 0.1) is 0 Å². The van der Waals surface area contributed by atoms with Crippen molar-refractivity contribution in [2.75, 3.05) is 5.32 Å². The normalized spacial score (nSPS) is 15.7. The summed E-state index contributed by atoms with van der Waals surface area (Å²) in [5.74, 6) is -1.03. The summed E-state index contributed by atoms with van der Waals surface area (Å²) in [4.78, 5) is 23.5. The minimum atomic E-state index is -0.744. The molecule has 118 valence electrons. The van der Waals surface area contributed by atoms with Crippen molar-refractivity contribution in [3.63, 3.8) is 0 Å². The highest BCUT2D eigenvalue weighted by atomic mass is 16.2. The van der Waals surface area contributed by atoms with Crippen molar-refractivity contribution in [2.24, 2.45) is 11.0 Å². The first kappa shape index (κ1) is 16.2. The lowest BCUT2D eigenvalue weighted by atomic mass is 9.90. The molecule has 22 heavy (non-hydrogen) atoms. The molecule has 1 saturated carbocycles. The Balaban J connectivity index is 1.83. The molecular formula is C17H23N3O2. The topological polar surface area (TPSA) is 70.6 Å². The largest absolute Gasteiger partial charge is 0.329 e. The van der Waals surface area contributed by atoms with E-state index in [0.717, 1.165) is 24.0 Å². The van der Waals surface area contributed by atoms with E-state index in [4.69, 9.17) is 0 Å². The summed E-state index contributed by atoms with van der Waals surface area (Å²) in [6, 6.07) is 5.65. The highest BCUT2D eigenvalue weighted by molar-refractivity contribution is 6.39. The smallest absolute Gasteiger partial charge is 0.318 e. The molecule has 0 radical (unpaired) electrons. The van der Waals surface area contributed by atoms with E-state index in [9.17, 15) is 9.59 Å². The van der Waals surface area contributed by atoms with E-state index in [1.165, 1.54) is 19.3 Å². The molecule has 2 N–H and O–H groups in total. The van der Waals surface area contributed by atoms with Crippen LogP contribution in [0, 0.1) is 19.8 Å². The average molecular weight is 301 g/mol. The molecule has 1 aliphatic carbocycles. The van der Waals surface area contributed by atoms with Gasteiger partial charge in [-0.1, -0.05) is 25.3 Å². The molecule has 0 saturated heterocycles. The summed E-state index contributed by atoms with van der Waals surface area (Å²) in [5, 5.41) is 6.49. The molecule has 0 spiro atoms. The number of aryl methyl sites for hydroxylation is 2. The van der Waals surface area contributed by atoms with Crippen LogP contribution in [-0.4, -0.2) is 18.0 Å². The van der Waals surface area contributed by atoms with Crippen molar-refractivity contribution < 1.29 is 9.59 Å². The zero-order valence-corrected chi connectivity index (χ0v) is 13.2. The van der Waals surface area contributed by atoms with E-state index in [0.29, 0.717) is 11.6 Å². The van der Waals surface area contributed by atoms with Crippen molar-refractivity contribution >= 4 is 23.7 Å². The van der Waals surface area contributed by atoms with Gasteiger partial charge in [-0.05, 0) is 55.9 Å². The molecule has 2 amide bonds. The van der Waals surface area contributed by atoms with E-state index < -0.39 is 11.8 Å². The Morgan fingerprint density at radius 2 is 1.68 bits per heavy atom. The van der Waals surface area contributed by atoms with Crippen LogP contribution in [0.1, 0.15) is 43.2 Å². The highest BCUT2D eigenvalue weighted by Gasteiger charge is 2.14. The molecule has 1 aromatic rings. The Bertz CT molecular complexity index is 555. The molecule has 1 fully saturated rings. The van der Waals surface area contributed by atoms with Gasteiger partial charge in [0.15, 0.2) is 0 Å². The predicted octanol–water partition coefficient (Wildman–Crippen LogP) is 2.92. The van der Waals surface area contributed by atoms with Crippen molar-refractivity contribution in [1.82, 2.24) is 5.43 Å². The monoisotopic (exact) mass is 301 g/mol. The first-order chi connectivity index (χ1) is 10.5. The van der Waals surface area contributed by atoms with Crippen LogP contribution in [0.3, 0.4) is 0 Å². The van der Waals surface area contributed by atoms with Gasteiger partial charge in [0.2, 0.25) is 0 Å². The summed E-state index contributed by atoms with van der Waals surface area (Å²) in [6.45, 7) is 3.88. The molecule has 2 rings (SSSR count). The van der Waals surface area contributed by atoms with Crippen molar-refractivity contribution in [3.05, 3.63) is 29.3 Å². The van der Waals surface area contributed by atoms with Gasteiger partial charge in [0.25, 0.3) is 0 Å². The molecule has 1 aromatic carbocycles. The Hall–Kier alpha value is -2.17. The van der Waals surface area contributed by atoms with Gasteiger partial charge in [0, 0.05) is 11.9 Å². The second-order valence-electron chi connectivity index (χ2n) is 5.95. The maximum Gasteiger partial charge on any atom is 0.329 e. The standard InChI is InChI=1S/C17H23N3O2/c1-12-8-13(2)10-15(9-12)19-16(21)17(22)20-18-11-14-6-4-3-5-7-14/h8-11,14H,3-7H2,1-2H3,(H,19,21)(H,20,22). The number of amides is 2. The van der Waals surface area contributed by atoms with Crippen molar-refractivity contribution in [3.8, 4) is 0 Å². The van der Waals surface area contributed by atoms with E-state index in [-0.39, 0.29) is 0 Å². The quantitative estimate of drug-likeness (QED) is 0.512. The van der Waals surface area contributed by atoms with Gasteiger partial charge < -0.3 is 5.32 Å². The van der Waals surface area contributed by atoms with Gasteiger partial charge >= 0.3 is 11.8 Å². The summed E-state index contributed by atoms with van der Waals surface area (Å²) in [6.07, 6.45) is 7.65. The van der Waals surface area contributed by atoms with Gasteiger partial charge in [-0.25, -0.2) is 5.43 Å². The van der Waals surface area contributed by atoms with Gasteiger partial charge in [-0.3, -0.25) is 9.59 Å². The van der Waals surface area contributed by atoms with Gasteiger partial charge in [0.1, 0.15) is 0 Å². The number of hydrazone groups is 1. The van der Waals surface area contributed by atoms with Crippen molar-refractivity contribution in [1.29, 1.82) is 0 Å². The first-order valence-electron chi connectivity index (χ1n) is 7.77. The molecule has 5 nitrogen and oxygen atoms in total. The number of benzene rings is 1. The molecular weight excluding hydrogens is 278 g/mol. The summed E-state index contributed by atoms with van der Waals surface area (Å²) in [5.41, 5.74) is 4.98. The lowest BCUT2D eigenvalue weighted by molar-refractivity contribution is -0.136. The SMILES string of the molecule is Cc1cc(C)cc(NC(=O)C(=O)NN=CC2CCCCC2)c1. The molecule has 0 aliphatic heterocycles. The lowest BCUT2D eigenvalue weighted by Crippen LogP contribution is -2.32. The highest BCUT2D eigenvalue weighted by Crippen LogP contribution is 2.21. The fraction of sp³-hybridized carbons (Fsp3) is 0.471. The third-order valence-corrected chi connectivity index (χ3v) is 3.79. The maximum atomic E-state index is 11.8. The maximum absolute atomic E-state index is 11.8. The lowest BCUT2D eigenvalue weighted by Gasteiger charge is -2.16. The third-order valence-electron chi connectivity index (χ3n) is 3.79. The Kier molecular flexibility index (Phi) is 5.69. The van der Waals surface area contributed by atoms with Crippen LogP contribution in [0.5, 0.6) is 0 Å². The summed E-state index contributed by atoms with van der Waals surface area (Å²) in [7, 11) is 0. The number of rotatable bonds is 3. The van der Waals surface area contributed by atoms with E-state index in [1.54, 1.807) is 6.21 Å². The van der Waals surface area contributed by atoms with E-state index >= 15 is 0 Å². The fourth-order valence-corrected chi connectivity index (χ4v) is 2.77. The summed E-state index contributed by atoms with van der Waals surface area (Å²) < 4.78 is 0. The molecule has 5 heteroatoms. The van der Waals surface area contributed by atoms with Crippen LogP contribution < -0.4 is 10.7 Å². The number of anilines is 1. The second kappa shape index (κ2) is 7.73. The number of hydrogen-bond donors (Lipinski definition) is 2. The number of hydrogen-bond acceptors (Lipinski definition) is 3. The Morgan fingerprint density at radius 3 is 2.32 bits per heavy atom. The number of carbonyl (C=O) groups excluding carboxylic acids is 2. The molecule has 0 heterocycles. The molecule has 1 aliphatic rings. The van der Waals surface area contributed by atoms with Crippen LogP contribution >= 0.6 is 0 Å². The molecule has 0 aromatic heterocycles. The second-order valence-corrected chi connectivity index (χ2v) is 5.95. The number of carbonyl (C=O) groups is 2. The van der Waals surface area contributed by atoms with Crippen molar-refractivity contribution in [2.45, 2.75) is 46.0 Å². The molecule has 0 unspecified atom stereocenters. The van der Waals surface area contributed by atoms with Crippen LogP contribution in [0.4, 0.5) is 5.69 Å². The van der Waals surface area contributed by atoms with Gasteiger partial charge in [-0.15, -0.1) is 0 Å². The Labute approximate surface area is 131 Å². The van der Waals surface area contributed by atoms with Crippen LogP contribution in [0.2, 0.25) is 0 Å². The molecule has 0 atom stereocenters. The van der Waals surface area contributed by atoms with E-state index in [2.05, 4.69) is 15.8 Å². The average Bonchev–Trinajstić information content (AvgIpc) is 2.47. The fourth-order valence-electron chi connectivity index (χ4n) is 2.77.